The van der Waals surface area contributed by atoms with E-state index >= 15 is 0 Å². The molecule has 38 heavy (non-hydrogen) atoms. The minimum absolute atomic E-state index is 0.125. The van der Waals surface area contributed by atoms with Crippen molar-refractivity contribution in [3.05, 3.63) is 88.8 Å². The molecule has 2 aromatic carbocycles. The highest BCUT2D eigenvalue weighted by Crippen LogP contribution is 2.26. The number of benzene rings is 2. The van der Waals surface area contributed by atoms with Crippen LogP contribution in [0, 0.1) is 31.0 Å². The lowest BCUT2D eigenvalue weighted by Crippen LogP contribution is -2.49. The predicted octanol–water partition coefficient (Wildman–Crippen LogP) is 3.70. The first-order valence-electron chi connectivity index (χ1n) is 12.0. The molecule has 1 N–H and O–H groups in total. The Balaban J connectivity index is 1.26. The number of halogens is 1. The van der Waals surface area contributed by atoms with Gasteiger partial charge in [0.25, 0.3) is 11.8 Å². The molecule has 1 aliphatic heterocycles. The summed E-state index contributed by atoms with van der Waals surface area (Å²) in [7, 11) is 0. The molecule has 0 saturated carbocycles. The fourth-order valence-electron chi connectivity index (χ4n) is 4.48. The number of aryl methyl sites for hydroxylation is 1. The van der Waals surface area contributed by atoms with Gasteiger partial charge in [-0.1, -0.05) is 5.16 Å². The molecule has 10 nitrogen and oxygen atoms in total. The van der Waals surface area contributed by atoms with Crippen LogP contribution >= 0.6 is 0 Å². The van der Waals surface area contributed by atoms with Gasteiger partial charge in [0, 0.05) is 31.9 Å². The molecule has 2 aromatic heterocycles. The minimum atomic E-state index is -0.372. The van der Waals surface area contributed by atoms with Crippen LogP contribution in [-0.4, -0.2) is 57.8 Å². The molecule has 1 aliphatic rings. The zero-order valence-electron chi connectivity index (χ0n) is 20.8. The summed E-state index contributed by atoms with van der Waals surface area (Å²) in [5.74, 6) is -0.367. The van der Waals surface area contributed by atoms with Crippen molar-refractivity contribution in [2.24, 2.45) is 0 Å². The topological polar surface area (TPSA) is 120 Å². The quantitative estimate of drug-likeness (QED) is 0.432. The van der Waals surface area contributed by atoms with Gasteiger partial charge in [0.2, 0.25) is 0 Å². The Hall–Kier alpha value is -4.98. The number of nitrogens with one attached hydrogen (secondary N) is 1. The van der Waals surface area contributed by atoms with Crippen LogP contribution in [0.3, 0.4) is 0 Å². The van der Waals surface area contributed by atoms with Crippen molar-refractivity contribution in [1.29, 1.82) is 5.26 Å². The summed E-state index contributed by atoms with van der Waals surface area (Å²) in [6.45, 7) is 5.55. The molecule has 0 radical (unpaired) electrons. The number of nitriles is 1. The smallest absolute Gasteiger partial charge is 0.259 e. The molecule has 0 unspecified atom stereocenters. The molecule has 0 aliphatic carbocycles. The van der Waals surface area contributed by atoms with Crippen LogP contribution in [0.4, 0.5) is 15.8 Å². The number of hydrogen-bond acceptors (Lipinski definition) is 7. The van der Waals surface area contributed by atoms with Crippen LogP contribution in [0.25, 0.3) is 5.69 Å². The molecule has 1 saturated heterocycles. The van der Waals surface area contributed by atoms with Gasteiger partial charge in [-0.3, -0.25) is 9.59 Å². The predicted molar refractivity (Wildman–Crippen MR) is 137 cm³/mol. The lowest BCUT2D eigenvalue weighted by atomic mass is 10.1. The maximum atomic E-state index is 13.3. The Kier molecular flexibility index (Phi) is 6.62. The van der Waals surface area contributed by atoms with Gasteiger partial charge in [0.05, 0.1) is 40.6 Å². The minimum Gasteiger partial charge on any atom is -0.367 e. The SMILES string of the molecule is Cc1oncc1C(=O)N1CCN(c2ccc(NC(=O)c3cnn(-c4ccc(F)cc4)c3C)cc2C#N)CC1. The van der Waals surface area contributed by atoms with E-state index in [1.807, 2.05) is 4.90 Å². The summed E-state index contributed by atoms with van der Waals surface area (Å²) in [5, 5.41) is 20.6. The van der Waals surface area contributed by atoms with Gasteiger partial charge in [-0.25, -0.2) is 9.07 Å². The van der Waals surface area contributed by atoms with Gasteiger partial charge in [-0.05, 0) is 56.3 Å². The number of piperazine rings is 1. The molecule has 4 aromatic rings. The van der Waals surface area contributed by atoms with Gasteiger partial charge < -0.3 is 19.6 Å². The van der Waals surface area contributed by atoms with Crippen LogP contribution in [0.15, 0.2) is 59.4 Å². The summed E-state index contributed by atoms with van der Waals surface area (Å²) in [6.07, 6.45) is 2.88. The van der Waals surface area contributed by atoms with Gasteiger partial charge in [0.1, 0.15) is 23.2 Å². The highest BCUT2D eigenvalue weighted by Gasteiger charge is 2.26. The highest BCUT2D eigenvalue weighted by molar-refractivity contribution is 6.05. The van der Waals surface area contributed by atoms with Gasteiger partial charge in [-0.15, -0.1) is 0 Å². The van der Waals surface area contributed by atoms with E-state index < -0.39 is 0 Å². The second-order valence-corrected chi connectivity index (χ2v) is 8.90. The number of carbonyl (C=O) groups excluding carboxylic acids is 2. The zero-order chi connectivity index (χ0) is 26.8. The van der Waals surface area contributed by atoms with Crippen LogP contribution in [0.1, 0.15) is 37.7 Å². The second-order valence-electron chi connectivity index (χ2n) is 8.90. The molecule has 2 amide bonds. The van der Waals surface area contributed by atoms with Gasteiger partial charge in [0.15, 0.2) is 0 Å². The molecule has 1 fully saturated rings. The lowest BCUT2D eigenvalue weighted by Gasteiger charge is -2.36. The summed E-state index contributed by atoms with van der Waals surface area (Å²) in [4.78, 5) is 29.5. The van der Waals surface area contributed by atoms with Crippen molar-refractivity contribution >= 4 is 23.2 Å². The molecular weight excluding hydrogens is 489 g/mol. The number of hydrogen-bond donors (Lipinski definition) is 1. The molecule has 0 atom stereocenters. The molecule has 0 bridgehead atoms. The van der Waals surface area contributed by atoms with E-state index in [2.05, 4.69) is 21.6 Å². The third-order valence-electron chi connectivity index (χ3n) is 6.59. The fraction of sp³-hybridized carbons (Fsp3) is 0.222. The van der Waals surface area contributed by atoms with E-state index in [0.29, 0.717) is 65.7 Å². The third-order valence-corrected chi connectivity index (χ3v) is 6.59. The maximum Gasteiger partial charge on any atom is 0.259 e. The van der Waals surface area contributed by atoms with Crippen LogP contribution < -0.4 is 10.2 Å². The fourth-order valence-corrected chi connectivity index (χ4v) is 4.48. The Bertz CT molecular complexity index is 1540. The van der Waals surface area contributed by atoms with Crippen molar-refractivity contribution in [2.45, 2.75) is 13.8 Å². The Morgan fingerprint density at radius 1 is 1.03 bits per heavy atom. The third kappa shape index (κ3) is 4.71. The van der Waals surface area contributed by atoms with Gasteiger partial charge in [-0.2, -0.15) is 10.4 Å². The van der Waals surface area contributed by atoms with E-state index in [9.17, 15) is 19.2 Å². The van der Waals surface area contributed by atoms with E-state index in [-0.39, 0.29) is 17.6 Å². The van der Waals surface area contributed by atoms with Gasteiger partial charge >= 0.3 is 0 Å². The molecular formula is C27H24FN7O3. The number of anilines is 2. The Morgan fingerprint density at radius 2 is 1.76 bits per heavy atom. The van der Waals surface area contributed by atoms with Crippen LogP contribution in [0.5, 0.6) is 0 Å². The zero-order valence-corrected chi connectivity index (χ0v) is 20.8. The van der Waals surface area contributed by atoms with E-state index in [0.717, 1.165) is 5.69 Å². The molecule has 11 heteroatoms. The second kappa shape index (κ2) is 10.2. The van der Waals surface area contributed by atoms with Crippen LogP contribution in [-0.2, 0) is 0 Å². The van der Waals surface area contributed by atoms with Crippen molar-refractivity contribution in [3.8, 4) is 11.8 Å². The average molecular weight is 514 g/mol. The largest absolute Gasteiger partial charge is 0.367 e. The van der Waals surface area contributed by atoms with Crippen molar-refractivity contribution in [1.82, 2.24) is 19.8 Å². The van der Waals surface area contributed by atoms with Crippen molar-refractivity contribution in [2.75, 3.05) is 36.4 Å². The Morgan fingerprint density at radius 3 is 2.42 bits per heavy atom. The Labute approximate surface area is 217 Å². The monoisotopic (exact) mass is 513 g/mol. The first kappa shape index (κ1) is 24.7. The normalized spacial score (nSPS) is 13.3. The summed E-state index contributed by atoms with van der Waals surface area (Å²) >= 11 is 0. The maximum absolute atomic E-state index is 13.3. The molecule has 192 valence electrons. The van der Waals surface area contributed by atoms with Crippen molar-refractivity contribution < 1.29 is 18.5 Å². The van der Waals surface area contributed by atoms with E-state index in [1.165, 1.54) is 24.5 Å². The number of carbonyl (C=O) groups is 2. The molecule has 5 rings (SSSR count). The first-order valence-corrected chi connectivity index (χ1v) is 12.0. The van der Waals surface area contributed by atoms with Crippen LogP contribution in [0.2, 0.25) is 0 Å². The summed E-state index contributed by atoms with van der Waals surface area (Å²) < 4.78 is 19.8. The lowest BCUT2D eigenvalue weighted by molar-refractivity contribution is 0.0745. The number of rotatable bonds is 5. The number of aromatic nitrogens is 3. The van der Waals surface area contributed by atoms with E-state index in [4.69, 9.17) is 4.52 Å². The van der Waals surface area contributed by atoms with Crippen molar-refractivity contribution in [3.63, 3.8) is 0 Å². The highest BCUT2D eigenvalue weighted by atomic mass is 19.1. The standard InChI is InChI=1S/C27H24FN7O3/c1-17-23(15-30-35(17)22-6-3-20(28)4-7-22)26(36)32-21-5-8-25(19(13-21)14-29)33-9-11-34(12-10-33)27(37)24-16-31-38-18(24)2/h3-8,13,15-16H,9-12H2,1-2H3,(H,32,36). The van der Waals surface area contributed by atoms with E-state index in [1.54, 1.807) is 53.8 Å². The summed E-state index contributed by atoms with van der Waals surface area (Å²) in [5.41, 5.74) is 3.67. The summed E-state index contributed by atoms with van der Waals surface area (Å²) in [6, 6.07) is 13.2. The number of nitrogens with zero attached hydrogens (tertiary/aromatic N) is 6. The first-order chi connectivity index (χ1) is 18.4. The molecule has 0 spiro atoms. The average Bonchev–Trinajstić information content (AvgIpc) is 3.54. The molecule has 3 heterocycles. The number of amides is 2.